The number of piperidine rings is 1. The van der Waals surface area contributed by atoms with E-state index in [9.17, 15) is 14.7 Å². The van der Waals surface area contributed by atoms with Crippen molar-refractivity contribution in [2.45, 2.75) is 70.6 Å². The lowest BCUT2D eigenvalue weighted by Crippen LogP contribution is -2.50. The highest BCUT2D eigenvalue weighted by Crippen LogP contribution is 2.46. The largest absolute Gasteiger partial charge is 0.481 e. The molecule has 4 heteroatoms. The van der Waals surface area contributed by atoms with Crippen molar-refractivity contribution >= 4 is 11.9 Å². The molecular formula is C17H27NO3. The molecule has 118 valence electrons. The lowest BCUT2D eigenvalue weighted by molar-refractivity contribution is -0.160. The fourth-order valence-corrected chi connectivity index (χ4v) is 4.60. The van der Waals surface area contributed by atoms with Crippen molar-refractivity contribution in [1.29, 1.82) is 0 Å². The zero-order chi connectivity index (χ0) is 14.9. The van der Waals surface area contributed by atoms with Crippen LogP contribution in [0.1, 0.15) is 70.6 Å². The van der Waals surface area contributed by atoms with Crippen LogP contribution in [-0.2, 0) is 9.59 Å². The van der Waals surface area contributed by atoms with Crippen molar-refractivity contribution in [1.82, 2.24) is 4.90 Å². The first-order chi connectivity index (χ1) is 10.1. The second-order valence-electron chi connectivity index (χ2n) is 7.60. The summed E-state index contributed by atoms with van der Waals surface area (Å²) in [4.78, 5) is 26.0. The zero-order valence-corrected chi connectivity index (χ0v) is 12.9. The number of likely N-dealkylation sites (tertiary alicyclic amines) is 1. The van der Waals surface area contributed by atoms with E-state index in [4.69, 9.17) is 0 Å². The van der Waals surface area contributed by atoms with Crippen LogP contribution in [0, 0.1) is 10.8 Å². The second-order valence-corrected chi connectivity index (χ2v) is 7.60. The van der Waals surface area contributed by atoms with E-state index in [0.29, 0.717) is 18.3 Å². The van der Waals surface area contributed by atoms with Gasteiger partial charge in [-0.15, -0.1) is 0 Å². The van der Waals surface area contributed by atoms with Crippen LogP contribution in [0.2, 0.25) is 0 Å². The Morgan fingerprint density at radius 1 is 0.905 bits per heavy atom. The van der Waals surface area contributed by atoms with Gasteiger partial charge in [-0.05, 0) is 43.9 Å². The number of hydrogen-bond acceptors (Lipinski definition) is 2. The summed E-state index contributed by atoms with van der Waals surface area (Å²) in [5.74, 6) is -0.687. The van der Waals surface area contributed by atoms with Gasteiger partial charge in [-0.2, -0.15) is 0 Å². The van der Waals surface area contributed by atoms with Crippen LogP contribution in [0.4, 0.5) is 0 Å². The van der Waals surface area contributed by atoms with E-state index in [0.717, 1.165) is 25.9 Å². The van der Waals surface area contributed by atoms with E-state index in [1.54, 1.807) is 0 Å². The molecule has 4 nitrogen and oxygen atoms in total. The van der Waals surface area contributed by atoms with Crippen LogP contribution in [0.25, 0.3) is 0 Å². The quantitative estimate of drug-likeness (QED) is 0.869. The number of carbonyl (C=O) groups excluding carboxylic acids is 1. The molecule has 0 unspecified atom stereocenters. The molecule has 3 fully saturated rings. The minimum atomic E-state index is -0.772. The third kappa shape index (κ3) is 2.82. The Morgan fingerprint density at radius 3 is 2.14 bits per heavy atom. The number of rotatable bonds is 3. The van der Waals surface area contributed by atoms with E-state index in [1.807, 2.05) is 4.90 Å². The topological polar surface area (TPSA) is 57.6 Å². The predicted octanol–water partition coefficient (Wildman–Crippen LogP) is 3.20. The molecule has 2 saturated carbocycles. The molecule has 0 aromatic carbocycles. The number of carboxylic acid groups (broad SMARTS) is 1. The van der Waals surface area contributed by atoms with E-state index < -0.39 is 11.4 Å². The molecule has 21 heavy (non-hydrogen) atoms. The highest BCUT2D eigenvalue weighted by atomic mass is 16.4. The summed E-state index contributed by atoms with van der Waals surface area (Å²) in [6.07, 6.45) is 11.3. The van der Waals surface area contributed by atoms with Crippen LogP contribution >= 0.6 is 0 Å². The summed E-state index contributed by atoms with van der Waals surface area (Å²) in [5.41, 5.74) is -0.392. The number of amides is 1. The van der Waals surface area contributed by atoms with Crippen LogP contribution in [0.5, 0.6) is 0 Å². The van der Waals surface area contributed by atoms with Crippen LogP contribution < -0.4 is 0 Å². The normalized spacial score (nSPS) is 27.1. The van der Waals surface area contributed by atoms with Crippen molar-refractivity contribution in [2.75, 3.05) is 13.1 Å². The maximum Gasteiger partial charge on any atom is 0.310 e. The molecule has 1 amide bonds. The van der Waals surface area contributed by atoms with E-state index in [-0.39, 0.29) is 12.3 Å². The minimum absolute atomic E-state index is 0.0850. The van der Waals surface area contributed by atoms with Crippen molar-refractivity contribution in [3.63, 3.8) is 0 Å². The summed E-state index contributed by atoms with van der Waals surface area (Å²) in [5, 5.41) is 9.40. The van der Waals surface area contributed by atoms with Crippen LogP contribution in [0.15, 0.2) is 0 Å². The van der Waals surface area contributed by atoms with Crippen molar-refractivity contribution < 1.29 is 14.7 Å². The Hall–Kier alpha value is -1.06. The molecule has 3 aliphatic rings. The number of aliphatic carboxylic acids is 1. The Kier molecular flexibility index (Phi) is 3.98. The molecule has 1 N–H and O–H groups in total. The summed E-state index contributed by atoms with van der Waals surface area (Å²) >= 11 is 0. The van der Waals surface area contributed by atoms with Gasteiger partial charge in [-0.3, -0.25) is 9.59 Å². The SMILES string of the molecule is O=C(CC1(C(=O)O)CCC1)N1CCCC2(CCCCC2)C1. The standard InChI is InChI=1S/C17H27NO3/c19-14(12-17(15(20)21)9-4-10-17)18-11-5-8-16(13-18)6-2-1-3-7-16/h1-13H2,(H,20,21). The van der Waals surface area contributed by atoms with Gasteiger partial charge in [0.15, 0.2) is 0 Å². The third-order valence-corrected chi connectivity index (χ3v) is 6.18. The summed E-state index contributed by atoms with van der Waals surface area (Å²) in [7, 11) is 0. The predicted molar refractivity (Wildman–Crippen MR) is 79.9 cm³/mol. The molecule has 0 aromatic rings. The average Bonchev–Trinajstić information content (AvgIpc) is 2.43. The summed E-state index contributed by atoms with van der Waals surface area (Å²) < 4.78 is 0. The Balaban J connectivity index is 1.63. The number of hydrogen-bond donors (Lipinski definition) is 1. The highest BCUT2D eigenvalue weighted by molar-refractivity contribution is 5.85. The Morgan fingerprint density at radius 2 is 1.57 bits per heavy atom. The molecule has 0 atom stereocenters. The monoisotopic (exact) mass is 293 g/mol. The maximum absolute atomic E-state index is 12.6. The van der Waals surface area contributed by atoms with E-state index >= 15 is 0 Å². The maximum atomic E-state index is 12.6. The molecule has 0 bridgehead atoms. The van der Waals surface area contributed by atoms with Gasteiger partial charge >= 0.3 is 5.97 Å². The molecule has 2 aliphatic carbocycles. The molecule has 3 rings (SSSR count). The number of carboxylic acids is 1. The zero-order valence-electron chi connectivity index (χ0n) is 12.9. The van der Waals surface area contributed by atoms with Gasteiger partial charge in [0.2, 0.25) is 5.91 Å². The molecular weight excluding hydrogens is 266 g/mol. The van der Waals surface area contributed by atoms with Gasteiger partial charge < -0.3 is 10.0 Å². The average molecular weight is 293 g/mol. The Labute approximate surface area is 126 Å². The molecule has 1 heterocycles. The summed E-state index contributed by atoms with van der Waals surface area (Å²) in [6.45, 7) is 1.71. The molecule has 1 saturated heterocycles. The van der Waals surface area contributed by atoms with E-state index in [2.05, 4.69) is 0 Å². The lowest BCUT2D eigenvalue weighted by atomic mass is 9.66. The minimum Gasteiger partial charge on any atom is -0.481 e. The smallest absolute Gasteiger partial charge is 0.310 e. The first kappa shape index (κ1) is 14.9. The summed E-state index contributed by atoms with van der Waals surface area (Å²) in [6, 6.07) is 0. The first-order valence-electron chi connectivity index (χ1n) is 8.57. The van der Waals surface area contributed by atoms with Crippen LogP contribution in [0.3, 0.4) is 0 Å². The van der Waals surface area contributed by atoms with Crippen LogP contribution in [-0.4, -0.2) is 35.0 Å². The molecule has 0 radical (unpaired) electrons. The first-order valence-corrected chi connectivity index (χ1v) is 8.57. The van der Waals surface area contributed by atoms with Gasteiger partial charge in [0.25, 0.3) is 0 Å². The van der Waals surface area contributed by atoms with Gasteiger partial charge in [0, 0.05) is 19.5 Å². The fraction of sp³-hybridized carbons (Fsp3) is 0.882. The van der Waals surface area contributed by atoms with E-state index in [1.165, 1.54) is 38.5 Å². The van der Waals surface area contributed by atoms with Crippen molar-refractivity contribution in [3.8, 4) is 0 Å². The third-order valence-electron chi connectivity index (χ3n) is 6.18. The number of nitrogens with zero attached hydrogens (tertiary/aromatic N) is 1. The second kappa shape index (κ2) is 5.62. The van der Waals surface area contributed by atoms with Crippen molar-refractivity contribution in [2.24, 2.45) is 10.8 Å². The fourth-order valence-electron chi connectivity index (χ4n) is 4.60. The highest BCUT2D eigenvalue weighted by Gasteiger charge is 2.47. The molecule has 1 spiro atoms. The molecule has 0 aromatic heterocycles. The van der Waals surface area contributed by atoms with Gasteiger partial charge in [-0.1, -0.05) is 25.7 Å². The Bertz CT molecular complexity index is 416. The van der Waals surface area contributed by atoms with Gasteiger partial charge in [-0.25, -0.2) is 0 Å². The number of carbonyl (C=O) groups is 2. The lowest BCUT2D eigenvalue weighted by Gasteiger charge is -2.46. The van der Waals surface area contributed by atoms with Gasteiger partial charge in [0.1, 0.15) is 0 Å². The molecule has 1 aliphatic heterocycles. The van der Waals surface area contributed by atoms with Gasteiger partial charge in [0.05, 0.1) is 5.41 Å². The van der Waals surface area contributed by atoms with Crippen molar-refractivity contribution in [3.05, 3.63) is 0 Å².